The van der Waals surface area contributed by atoms with E-state index in [0.717, 1.165) is 81.4 Å². The van der Waals surface area contributed by atoms with Crippen LogP contribution in [0.15, 0.2) is 9.98 Å². The number of fused-ring (bicyclic) bond motifs is 6. The molecule has 0 saturated carbocycles. The topological polar surface area (TPSA) is 105 Å². The first-order chi connectivity index (χ1) is 21.4. The van der Waals surface area contributed by atoms with Gasteiger partial charge < -0.3 is 21.3 Å². The summed E-state index contributed by atoms with van der Waals surface area (Å²) in [6.45, 7) is 14.8. The largest absolute Gasteiger partial charge is 0.363 e. The highest BCUT2D eigenvalue weighted by atomic mass is 32.1. The summed E-state index contributed by atoms with van der Waals surface area (Å²) in [5, 5.41) is 24.1. The maximum Gasteiger partial charge on any atom is 0.207 e. The van der Waals surface area contributed by atoms with E-state index in [9.17, 15) is 0 Å². The molecule has 0 fully saturated rings. The summed E-state index contributed by atoms with van der Waals surface area (Å²) in [4.78, 5) is 25.5. The van der Waals surface area contributed by atoms with Crippen molar-refractivity contribution in [1.82, 2.24) is 30.6 Å². The monoisotopic (exact) mass is 704 g/mol. The van der Waals surface area contributed by atoms with Crippen molar-refractivity contribution in [2.45, 2.75) is 53.6 Å². The molecule has 0 amide bonds. The van der Waals surface area contributed by atoms with E-state index in [1.807, 2.05) is 27.7 Å². The van der Waals surface area contributed by atoms with Crippen molar-refractivity contribution in [3.63, 3.8) is 0 Å². The van der Waals surface area contributed by atoms with E-state index in [0.29, 0.717) is 23.3 Å². The molecule has 4 aromatic heterocycles. The molecule has 0 radical (unpaired) electrons. The molecule has 6 heterocycles. The Hall–Kier alpha value is -2.18. The van der Waals surface area contributed by atoms with Gasteiger partial charge in [-0.05, 0) is 76.1 Å². The normalized spacial score (nSPS) is 16.3. The van der Waals surface area contributed by atoms with Crippen LogP contribution >= 0.6 is 69.8 Å². The van der Waals surface area contributed by atoms with Gasteiger partial charge in [0.2, 0.25) is 9.60 Å². The zero-order valence-electron chi connectivity index (χ0n) is 25.2. The highest BCUT2D eigenvalue weighted by Gasteiger charge is 2.31. The maximum absolute atomic E-state index is 5.56. The molecule has 6 rings (SSSR count). The van der Waals surface area contributed by atoms with Gasteiger partial charge in [0, 0.05) is 72.9 Å². The Bertz CT molecular complexity index is 1720. The third-order valence-corrected chi connectivity index (χ3v) is 11.9. The second-order valence-corrected chi connectivity index (χ2v) is 15.2. The second-order valence-electron chi connectivity index (χ2n) is 10.2. The lowest BCUT2D eigenvalue weighted by atomic mass is 10.0. The predicted molar refractivity (Wildman–Crippen MR) is 195 cm³/mol. The Kier molecular flexibility index (Phi) is 10.2. The van der Waals surface area contributed by atoms with Crippen LogP contribution in [0.4, 0.5) is 10.0 Å². The lowest BCUT2D eigenvalue weighted by molar-refractivity contribution is -0.0469. The zero-order chi connectivity index (χ0) is 30.8. The Balaban J connectivity index is 1.29. The second kappa shape index (κ2) is 14.1. The van der Waals surface area contributed by atoms with E-state index >= 15 is 0 Å². The summed E-state index contributed by atoms with van der Waals surface area (Å²) in [5.74, 6) is 0. The molecular weight excluding hydrogens is 669 g/mol. The summed E-state index contributed by atoms with van der Waals surface area (Å²) in [6, 6.07) is 0. The molecule has 2 aliphatic rings. The van der Waals surface area contributed by atoms with Crippen molar-refractivity contribution in [2.24, 2.45) is 9.98 Å². The van der Waals surface area contributed by atoms with E-state index in [1.165, 1.54) is 31.7 Å². The molecule has 0 unspecified atom stereocenters. The van der Waals surface area contributed by atoms with Gasteiger partial charge in [-0.25, -0.2) is 20.0 Å². The highest BCUT2D eigenvalue weighted by Crippen LogP contribution is 2.42. The molecule has 10 nitrogen and oxygen atoms in total. The Morgan fingerprint density at radius 1 is 0.705 bits per heavy atom. The average Bonchev–Trinajstić information content (AvgIpc) is 3.55. The fraction of sp³-hybridized carbons (Fsp3) is 0.500. The van der Waals surface area contributed by atoms with Crippen molar-refractivity contribution < 1.29 is 0 Å². The standard InChI is InChI=1S/C28H36N10S6/c1-5-29-25(39)33-21-19-15-9-11-37(13-17(15)41-23(19)35-27(43-21)31-7-3)38-12-10-16-18(14-38)42-24-20(16)22(34-26(40)30-6-2)44-28(36-24)32-8-4/h5-14H2,1-4H3,(H2,29,33,39)(H2,30,34,40). The number of hydrazine groups is 1. The van der Waals surface area contributed by atoms with Crippen LogP contribution < -0.4 is 30.9 Å². The van der Waals surface area contributed by atoms with Gasteiger partial charge in [-0.1, -0.05) is 22.7 Å². The van der Waals surface area contributed by atoms with Gasteiger partial charge in [-0.2, -0.15) is 0 Å². The highest BCUT2D eigenvalue weighted by molar-refractivity contribution is 7.80. The quantitative estimate of drug-likeness (QED) is 0.201. The molecule has 0 atom stereocenters. The maximum atomic E-state index is 5.56. The van der Waals surface area contributed by atoms with Crippen molar-refractivity contribution in [3.8, 4) is 0 Å². The first-order valence-corrected chi connectivity index (χ1v) is 19.0. The summed E-state index contributed by atoms with van der Waals surface area (Å²) in [6.07, 6.45) is 1.93. The van der Waals surface area contributed by atoms with Crippen molar-refractivity contribution in [3.05, 3.63) is 30.5 Å². The first-order valence-electron chi connectivity index (χ1n) is 14.9. The van der Waals surface area contributed by atoms with Gasteiger partial charge >= 0.3 is 0 Å². The number of nitrogens with zero attached hydrogens (tertiary/aromatic N) is 6. The molecule has 0 aromatic carbocycles. The van der Waals surface area contributed by atoms with Crippen molar-refractivity contribution in [1.29, 1.82) is 0 Å². The minimum Gasteiger partial charge on any atom is -0.363 e. The molecule has 2 aliphatic heterocycles. The van der Waals surface area contributed by atoms with E-state index in [1.54, 1.807) is 45.3 Å². The Morgan fingerprint density at radius 3 is 1.52 bits per heavy atom. The van der Waals surface area contributed by atoms with E-state index in [4.69, 9.17) is 34.4 Å². The number of nitrogens with one attached hydrogen (secondary N) is 4. The third-order valence-electron chi connectivity index (χ3n) is 7.39. The molecule has 4 aromatic rings. The lowest BCUT2D eigenvalue weighted by Crippen LogP contribution is -2.47. The lowest BCUT2D eigenvalue weighted by Gasteiger charge is -2.39. The van der Waals surface area contributed by atoms with Crippen LogP contribution in [0.25, 0.3) is 20.4 Å². The van der Waals surface area contributed by atoms with Crippen molar-refractivity contribution >= 4 is 110 Å². The summed E-state index contributed by atoms with van der Waals surface area (Å²) < 4.78 is 0. The van der Waals surface area contributed by atoms with Crippen LogP contribution in [0.3, 0.4) is 0 Å². The SMILES string of the molecule is CCN=c1nc2sc3c(c2c(NC(=S)NCC)s1)CCN(N1CCc2c(sc4nc(=NCC)sc(NC(=S)NCC)c24)C1)C3. The molecular formula is C28H36N10S6. The Labute approximate surface area is 283 Å². The van der Waals surface area contributed by atoms with Gasteiger partial charge in [0.05, 0.1) is 0 Å². The summed E-state index contributed by atoms with van der Waals surface area (Å²) >= 11 is 17.9. The van der Waals surface area contributed by atoms with Crippen LogP contribution in [0.1, 0.15) is 48.6 Å². The molecule has 0 saturated heterocycles. The average molecular weight is 705 g/mol. The molecule has 4 N–H and O–H groups in total. The number of thiocarbonyl (C=S) groups is 2. The number of anilines is 2. The number of thiophene rings is 2. The van der Waals surface area contributed by atoms with Gasteiger partial charge in [0.1, 0.15) is 19.7 Å². The minimum absolute atomic E-state index is 0.635. The van der Waals surface area contributed by atoms with Gasteiger partial charge in [0.15, 0.2) is 10.2 Å². The van der Waals surface area contributed by atoms with Crippen LogP contribution in [0.2, 0.25) is 0 Å². The summed E-state index contributed by atoms with van der Waals surface area (Å²) in [5.41, 5.74) is 2.78. The van der Waals surface area contributed by atoms with Crippen LogP contribution in [0, 0.1) is 0 Å². The molecule has 16 heteroatoms. The van der Waals surface area contributed by atoms with Crippen molar-refractivity contribution in [2.75, 3.05) is 49.9 Å². The molecule has 0 bridgehead atoms. The zero-order valence-corrected chi connectivity index (χ0v) is 30.1. The van der Waals surface area contributed by atoms with E-state index in [2.05, 4.69) is 41.3 Å². The van der Waals surface area contributed by atoms with Crippen LogP contribution in [0.5, 0.6) is 0 Å². The first kappa shape index (κ1) is 31.8. The number of aromatic nitrogens is 2. The van der Waals surface area contributed by atoms with E-state index in [-0.39, 0.29) is 0 Å². The third kappa shape index (κ3) is 6.54. The van der Waals surface area contributed by atoms with Gasteiger partial charge in [0.25, 0.3) is 0 Å². The van der Waals surface area contributed by atoms with Crippen LogP contribution in [-0.2, 0) is 25.9 Å². The molecule has 0 aliphatic carbocycles. The summed E-state index contributed by atoms with van der Waals surface area (Å²) in [7, 11) is 0. The molecule has 234 valence electrons. The minimum atomic E-state index is 0.635. The Morgan fingerprint density at radius 2 is 1.14 bits per heavy atom. The van der Waals surface area contributed by atoms with Gasteiger partial charge in [-0.3, -0.25) is 9.98 Å². The van der Waals surface area contributed by atoms with Gasteiger partial charge in [-0.15, -0.1) is 22.7 Å². The smallest absolute Gasteiger partial charge is 0.207 e. The molecule has 44 heavy (non-hydrogen) atoms. The number of hydrogen-bond acceptors (Lipinski definition) is 12. The molecule has 0 spiro atoms. The fourth-order valence-corrected chi connectivity index (χ4v) is 10.9. The number of rotatable bonds is 7. The van der Waals surface area contributed by atoms with E-state index < -0.39 is 0 Å². The van der Waals surface area contributed by atoms with Crippen LogP contribution in [-0.4, -0.2) is 69.5 Å². The fourth-order valence-electron chi connectivity index (χ4n) is 5.56. The predicted octanol–water partition coefficient (Wildman–Crippen LogP) is 4.81. The number of hydrogen-bond donors (Lipinski definition) is 4.